The van der Waals surface area contributed by atoms with Crippen molar-refractivity contribution in [2.75, 3.05) is 0 Å². The van der Waals surface area contributed by atoms with Gasteiger partial charge in [0.05, 0.1) is 17.9 Å². The standard InChI is InChI=1S/C14H11F3N2O4/c1-7(8-3-2-4-9(5-8)14(15,16)17)19-6-18-10(12(20)21)11(19)13(22)23/h2-7H,1H3,(H,20,21)(H,22,23). The van der Waals surface area contributed by atoms with E-state index in [4.69, 9.17) is 10.2 Å². The molecule has 0 saturated heterocycles. The summed E-state index contributed by atoms with van der Waals surface area (Å²) in [5.74, 6) is -3.06. The van der Waals surface area contributed by atoms with E-state index in [1.807, 2.05) is 0 Å². The SMILES string of the molecule is CC(c1cccc(C(F)(F)F)c1)n1cnc(C(=O)O)c1C(=O)O. The molecule has 2 rings (SSSR count). The Kier molecular flexibility index (Phi) is 4.13. The summed E-state index contributed by atoms with van der Waals surface area (Å²) in [5.41, 5.74) is -1.97. The predicted octanol–water partition coefficient (Wildman–Crippen LogP) is 2.91. The van der Waals surface area contributed by atoms with Crippen molar-refractivity contribution in [1.29, 1.82) is 0 Å². The van der Waals surface area contributed by atoms with Gasteiger partial charge < -0.3 is 14.8 Å². The van der Waals surface area contributed by atoms with E-state index >= 15 is 0 Å². The zero-order valence-corrected chi connectivity index (χ0v) is 11.7. The summed E-state index contributed by atoms with van der Waals surface area (Å²) >= 11 is 0. The van der Waals surface area contributed by atoms with Crippen LogP contribution in [-0.2, 0) is 6.18 Å². The van der Waals surface area contributed by atoms with Crippen LogP contribution in [-0.4, -0.2) is 31.7 Å². The lowest BCUT2D eigenvalue weighted by Gasteiger charge is -2.17. The minimum Gasteiger partial charge on any atom is -0.476 e. The van der Waals surface area contributed by atoms with Gasteiger partial charge in [0, 0.05) is 0 Å². The summed E-state index contributed by atoms with van der Waals surface area (Å²) in [7, 11) is 0. The Labute approximate surface area is 127 Å². The first-order chi connectivity index (χ1) is 10.6. The fourth-order valence-electron chi connectivity index (χ4n) is 2.16. The molecule has 2 aromatic rings. The van der Waals surface area contributed by atoms with Crippen molar-refractivity contribution < 1.29 is 33.0 Å². The lowest BCUT2D eigenvalue weighted by Crippen LogP contribution is -2.17. The molecule has 0 aliphatic heterocycles. The van der Waals surface area contributed by atoms with Gasteiger partial charge in [0.15, 0.2) is 11.4 Å². The molecule has 0 saturated carbocycles. The number of rotatable bonds is 4. The maximum absolute atomic E-state index is 12.8. The molecule has 0 bridgehead atoms. The highest BCUT2D eigenvalue weighted by Gasteiger charge is 2.31. The number of imidazole rings is 1. The second kappa shape index (κ2) is 5.75. The Morgan fingerprint density at radius 1 is 1.22 bits per heavy atom. The molecule has 1 unspecified atom stereocenters. The third-order valence-corrected chi connectivity index (χ3v) is 3.31. The Morgan fingerprint density at radius 3 is 2.39 bits per heavy atom. The second-order valence-electron chi connectivity index (χ2n) is 4.76. The van der Waals surface area contributed by atoms with Crippen molar-refractivity contribution in [2.24, 2.45) is 0 Å². The van der Waals surface area contributed by atoms with Crippen LogP contribution in [0, 0.1) is 0 Å². The van der Waals surface area contributed by atoms with Gasteiger partial charge in [0.1, 0.15) is 0 Å². The van der Waals surface area contributed by atoms with Crippen molar-refractivity contribution in [3.63, 3.8) is 0 Å². The third-order valence-electron chi connectivity index (χ3n) is 3.31. The Balaban J connectivity index is 2.52. The monoisotopic (exact) mass is 328 g/mol. The van der Waals surface area contributed by atoms with Crippen molar-refractivity contribution in [3.05, 3.63) is 53.1 Å². The highest BCUT2D eigenvalue weighted by atomic mass is 19.4. The van der Waals surface area contributed by atoms with Crippen LogP contribution < -0.4 is 0 Å². The van der Waals surface area contributed by atoms with Crippen molar-refractivity contribution in [3.8, 4) is 0 Å². The lowest BCUT2D eigenvalue weighted by atomic mass is 10.0. The highest BCUT2D eigenvalue weighted by molar-refractivity contribution is 5.99. The molecule has 122 valence electrons. The largest absolute Gasteiger partial charge is 0.476 e. The quantitative estimate of drug-likeness (QED) is 0.900. The Hall–Kier alpha value is -2.84. The summed E-state index contributed by atoms with van der Waals surface area (Å²) in [6.07, 6.45) is -3.55. The molecule has 6 nitrogen and oxygen atoms in total. The molecule has 2 N–H and O–H groups in total. The predicted molar refractivity (Wildman–Crippen MR) is 71.4 cm³/mol. The average molecular weight is 328 g/mol. The first-order valence-electron chi connectivity index (χ1n) is 6.33. The number of alkyl halides is 3. The number of hydrogen-bond acceptors (Lipinski definition) is 3. The van der Waals surface area contributed by atoms with Crippen LogP contribution in [0.4, 0.5) is 13.2 Å². The van der Waals surface area contributed by atoms with Crippen molar-refractivity contribution in [2.45, 2.75) is 19.1 Å². The molecule has 0 spiro atoms. The van der Waals surface area contributed by atoms with Crippen LogP contribution in [0.15, 0.2) is 30.6 Å². The molecule has 1 atom stereocenters. The Bertz CT molecular complexity index is 768. The zero-order valence-electron chi connectivity index (χ0n) is 11.7. The zero-order chi connectivity index (χ0) is 17.4. The van der Waals surface area contributed by atoms with Gasteiger partial charge in [-0.1, -0.05) is 12.1 Å². The molecular formula is C14H11F3N2O4. The fourth-order valence-corrected chi connectivity index (χ4v) is 2.16. The first-order valence-corrected chi connectivity index (χ1v) is 6.33. The summed E-state index contributed by atoms with van der Waals surface area (Å²) < 4.78 is 39.3. The molecule has 1 aromatic carbocycles. The first kappa shape index (κ1) is 16.5. The van der Waals surface area contributed by atoms with E-state index in [1.165, 1.54) is 19.1 Å². The van der Waals surface area contributed by atoms with Crippen LogP contribution in [0.2, 0.25) is 0 Å². The summed E-state index contributed by atoms with van der Waals surface area (Å²) in [4.78, 5) is 25.8. The third kappa shape index (κ3) is 3.17. The number of aromatic nitrogens is 2. The van der Waals surface area contributed by atoms with Gasteiger partial charge in [-0.15, -0.1) is 0 Å². The average Bonchev–Trinajstić information content (AvgIpc) is 2.91. The molecule has 0 aliphatic rings. The van der Waals surface area contributed by atoms with Crippen LogP contribution in [0.5, 0.6) is 0 Å². The molecular weight excluding hydrogens is 317 g/mol. The highest BCUT2D eigenvalue weighted by Crippen LogP contribution is 2.31. The topological polar surface area (TPSA) is 92.4 Å². The number of carboxylic acid groups (broad SMARTS) is 2. The molecule has 1 aromatic heterocycles. The van der Waals surface area contributed by atoms with Crippen LogP contribution in [0.1, 0.15) is 45.1 Å². The molecule has 9 heteroatoms. The smallest absolute Gasteiger partial charge is 0.416 e. The Morgan fingerprint density at radius 2 is 1.87 bits per heavy atom. The van der Waals surface area contributed by atoms with Crippen LogP contribution in [0.3, 0.4) is 0 Å². The van der Waals surface area contributed by atoms with Gasteiger partial charge in [-0.05, 0) is 24.6 Å². The lowest BCUT2D eigenvalue weighted by molar-refractivity contribution is -0.137. The number of aromatic carboxylic acids is 2. The molecule has 1 heterocycles. The number of halogens is 3. The van der Waals surface area contributed by atoms with Crippen molar-refractivity contribution >= 4 is 11.9 Å². The van der Waals surface area contributed by atoms with Crippen molar-refractivity contribution in [1.82, 2.24) is 9.55 Å². The molecule has 0 radical (unpaired) electrons. The van der Waals surface area contributed by atoms with Gasteiger partial charge in [-0.2, -0.15) is 13.2 Å². The number of benzene rings is 1. The normalized spacial score (nSPS) is 12.9. The minimum atomic E-state index is -4.54. The van der Waals surface area contributed by atoms with E-state index < -0.39 is 41.1 Å². The van der Waals surface area contributed by atoms with E-state index in [1.54, 1.807) is 0 Å². The van der Waals surface area contributed by atoms with E-state index in [0.717, 1.165) is 23.0 Å². The van der Waals surface area contributed by atoms with E-state index in [2.05, 4.69) is 4.98 Å². The van der Waals surface area contributed by atoms with Gasteiger partial charge in [0.2, 0.25) is 0 Å². The van der Waals surface area contributed by atoms with E-state index in [0.29, 0.717) is 0 Å². The maximum atomic E-state index is 12.8. The van der Waals surface area contributed by atoms with Gasteiger partial charge >= 0.3 is 18.1 Å². The molecule has 0 fully saturated rings. The molecule has 0 aliphatic carbocycles. The van der Waals surface area contributed by atoms with Crippen LogP contribution in [0.25, 0.3) is 0 Å². The minimum absolute atomic E-state index is 0.177. The maximum Gasteiger partial charge on any atom is 0.416 e. The number of hydrogen-bond donors (Lipinski definition) is 2. The summed E-state index contributed by atoms with van der Waals surface area (Å²) in [6, 6.07) is 3.53. The number of carbonyl (C=O) groups is 2. The second-order valence-corrected chi connectivity index (χ2v) is 4.76. The molecule has 23 heavy (non-hydrogen) atoms. The summed E-state index contributed by atoms with van der Waals surface area (Å²) in [5, 5.41) is 18.1. The van der Waals surface area contributed by atoms with E-state index in [9.17, 15) is 22.8 Å². The van der Waals surface area contributed by atoms with Gasteiger partial charge in [-0.3, -0.25) is 0 Å². The fraction of sp³-hybridized carbons (Fsp3) is 0.214. The van der Waals surface area contributed by atoms with Crippen LogP contribution >= 0.6 is 0 Å². The number of carboxylic acids is 2. The van der Waals surface area contributed by atoms with E-state index in [-0.39, 0.29) is 5.56 Å². The van der Waals surface area contributed by atoms with Gasteiger partial charge in [-0.25, -0.2) is 14.6 Å². The molecule has 0 amide bonds. The number of nitrogens with zero attached hydrogens (tertiary/aromatic N) is 2. The van der Waals surface area contributed by atoms with Gasteiger partial charge in [0.25, 0.3) is 0 Å². The summed E-state index contributed by atoms with van der Waals surface area (Å²) in [6.45, 7) is 1.45.